The maximum absolute atomic E-state index is 15.2. The maximum Gasteiger partial charge on any atom is 0.459 e. The molecule has 0 radical (unpaired) electrons. The highest BCUT2D eigenvalue weighted by Crippen LogP contribution is 2.51. The number of hydrogen-bond acceptors (Lipinski definition) is 13. The van der Waals surface area contributed by atoms with E-state index in [4.69, 9.17) is 40.1 Å². The van der Waals surface area contributed by atoms with Gasteiger partial charge in [0.05, 0.1) is 40.2 Å². The lowest BCUT2D eigenvalue weighted by atomic mass is 10.1. The van der Waals surface area contributed by atoms with Crippen molar-refractivity contribution >= 4 is 64.0 Å². The summed E-state index contributed by atoms with van der Waals surface area (Å²) in [5.74, 6) is -19.1. The van der Waals surface area contributed by atoms with Gasteiger partial charge in [0.15, 0.2) is 47.1 Å². The Morgan fingerprint density at radius 3 is 1.34 bits per heavy atom. The highest BCUT2D eigenvalue weighted by molar-refractivity contribution is 6.40. The number of amides is 2. The van der Waals surface area contributed by atoms with E-state index in [1.807, 2.05) is 0 Å². The SMILES string of the molecule is ClCCl.Cn1nc(C(F)(F)C(F)(F)F)c(C(F)(F)F)c1-n1cc(-c2cccc(NC(=O)c3cc[n+]([O-])cc3)c2F)nn1.Cn1nc(C(F)(F)C(F)(F)F)c(C(F)(F)F)c1-n1cc(-c2cccc(NC(=O)c3ccncc3)c2F)nn1.O=C(OO)c1cccc(Cl)c1. The number of benzene rings is 3. The number of pyridine rings is 2. The van der Waals surface area contributed by atoms with E-state index in [-0.39, 0.29) is 52.0 Å². The molecule has 91 heavy (non-hydrogen) atoms. The molecular formula is C50H31Cl3F18N14O6. The highest BCUT2D eigenvalue weighted by atomic mass is 35.5. The van der Waals surface area contributed by atoms with E-state index in [1.54, 1.807) is 12.1 Å². The molecule has 9 rings (SSSR count). The van der Waals surface area contributed by atoms with Gasteiger partial charge in [-0.2, -0.15) is 90.4 Å². The van der Waals surface area contributed by atoms with Crippen LogP contribution in [0.1, 0.15) is 53.6 Å². The molecule has 3 N–H and O–H groups in total. The fourth-order valence-corrected chi connectivity index (χ4v) is 7.73. The van der Waals surface area contributed by atoms with Crippen molar-refractivity contribution in [2.75, 3.05) is 16.0 Å². The van der Waals surface area contributed by atoms with Crippen LogP contribution in [-0.4, -0.2) is 95.3 Å². The van der Waals surface area contributed by atoms with Crippen molar-refractivity contribution in [2.24, 2.45) is 14.1 Å². The number of nitrogens with zero attached hydrogens (tertiary/aromatic N) is 12. The van der Waals surface area contributed by atoms with Crippen molar-refractivity contribution in [1.82, 2.24) is 54.5 Å². The molecule has 0 unspecified atom stereocenters. The van der Waals surface area contributed by atoms with Crippen molar-refractivity contribution in [3.63, 3.8) is 0 Å². The number of hydrogen-bond donors (Lipinski definition) is 3. The van der Waals surface area contributed by atoms with Gasteiger partial charge >= 0.3 is 42.5 Å². The summed E-state index contributed by atoms with van der Waals surface area (Å²) in [6.45, 7) is 0. The van der Waals surface area contributed by atoms with Gasteiger partial charge in [-0.1, -0.05) is 40.2 Å². The number of alkyl halides is 18. The molecule has 3 aromatic carbocycles. The van der Waals surface area contributed by atoms with E-state index in [0.717, 1.165) is 42.7 Å². The van der Waals surface area contributed by atoms with Gasteiger partial charge in [-0.25, -0.2) is 32.3 Å². The Balaban J connectivity index is 0.000000239. The number of carbonyl (C=O) groups is 3. The van der Waals surface area contributed by atoms with Gasteiger partial charge in [0.2, 0.25) is 0 Å². The van der Waals surface area contributed by atoms with Gasteiger partial charge in [-0.15, -0.1) is 33.4 Å². The number of carbonyl (C=O) groups excluding carboxylic acids is 3. The van der Waals surface area contributed by atoms with Crippen molar-refractivity contribution in [3.8, 4) is 34.2 Å². The molecule has 9 aromatic rings. The smallest absolute Gasteiger partial charge is 0.459 e. The average molecular weight is 1370 g/mol. The third kappa shape index (κ3) is 15.9. The summed E-state index contributed by atoms with van der Waals surface area (Å²) in [6, 6.07) is 18.2. The first-order valence-corrected chi connectivity index (χ1v) is 25.3. The number of anilines is 2. The second kappa shape index (κ2) is 27.7. The molecule has 6 heterocycles. The first-order chi connectivity index (χ1) is 42.3. The van der Waals surface area contributed by atoms with Crippen LogP contribution in [0.3, 0.4) is 0 Å². The van der Waals surface area contributed by atoms with E-state index < -0.39 is 123 Å². The van der Waals surface area contributed by atoms with Crippen LogP contribution < -0.4 is 15.4 Å². The molecular weight excluding hydrogens is 1340 g/mol. The van der Waals surface area contributed by atoms with Crippen LogP contribution in [0.25, 0.3) is 34.2 Å². The minimum Gasteiger partial charge on any atom is -0.619 e. The minimum atomic E-state index is -6.39. The number of aromatic nitrogens is 12. The molecule has 0 bridgehead atoms. The summed E-state index contributed by atoms with van der Waals surface area (Å²) in [5.41, 5.74) is -12.1. The summed E-state index contributed by atoms with van der Waals surface area (Å²) in [5, 5.41) is 43.5. The van der Waals surface area contributed by atoms with Crippen LogP contribution in [0.4, 0.5) is 90.4 Å². The highest BCUT2D eigenvalue weighted by Gasteiger charge is 2.65. The van der Waals surface area contributed by atoms with Gasteiger partial charge in [-0.05, 0) is 54.6 Å². The molecule has 20 nitrogen and oxygen atoms in total. The molecule has 2 amide bonds. The van der Waals surface area contributed by atoms with E-state index in [0.29, 0.717) is 36.2 Å². The number of aryl methyl sites for hydroxylation is 2. The van der Waals surface area contributed by atoms with Gasteiger partial charge in [0, 0.05) is 60.3 Å². The van der Waals surface area contributed by atoms with E-state index in [2.05, 4.69) is 51.3 Å². The van der Waals surface area contributed by atoms with E-state index >= 15 is 8.78 Å². The van der Waals surface area contributed by atoms with Crippen LogP contribution in [0.5, 0.6) is 0 Å². The molecule has 0 spiro atoms. The Morgan fingerprint density at radius 2 is 0.978 bits per heavy atom. The monoisotopic (exact) mass is 1370 g/mol. The first kappa shape index (κ1) is 70.5. The van der Waals surface area contributed by atoms with Crippen LogP contribution in [0.15, 0.2) is 122 Å². The van der Waals surface area contributed by atoms with Crippen molar-refractivity contribution in [3.05, 3.63) is 183 Å². The predicted octanol–water partition coefficient (Wildman–Crippen LogP) is 12.9. The largest absolute Gasteiger partial charge is 0.619 e. The lowest BCUT2D eigenvalue weighted by Crippen LogP contribution is -2.36. The molecule has 0 aliphatic heterocycles. The van der Waals surface area contributed by atoms with E-state index in [1.165, 1.54) is 54.9 Å². The molecule has 0 saturated heterocycles. The Hall–Kier alpha value is -9.56. The zero-order valence-electron chi connectivity index (χ0n) is 44.5. The first-order valence-electron chi connectivity index (χ1n) is 23.9. The van der Waals surface area contributed by atoms with Crippen LogP contribution in [0, 0.1) is 16.8 Å². The summed E-state index contributed by atoms with van der Waals surface area (Å²) < 4.78 is 247. The van der Waals surface area contributed by atoms with Gasteiger partial charge in [-0.3, -0.25) is 19.5 Å². The van der Waals surface area contributed by atoms with Crippen molar-refractivity contribution < 1.29 is 108 Å². The Morgan fingerprint density at radius 1 is 0.593 bits per heavy atom. The topological polar surface area (TPSA) is 242 Å². The fourth-order valence-electron chi connectivity index (χ4n) is 7.54. The molecule has 6 aromatic heterocycles. The predicted molar refractivity (Wildman–Crippen MR) is 279 cm³/mol. The molecule has 0 atom stereocenters. The van der Waals surface area contributed by atoms with Crippen LogP contribution in [0.2, 0.25) is 5.02 Å². The average Bonchev–Trinajstić information content (AvgIpc) is 1.61. The second-order valence-corrected chi connectivity index (χ2v) is 18.7. The Kier molecular flexibility index (Phi) is 21.4. The van der Waals surface area contributed by atoms with Crippen LogP contribution in [-0.2, 0) is 43.2 Å². The minimum absolute atomic E-state index is 0.0137. The van der Waals surface area contributed by atoms with Gasteiger partial charge < -0.3 is 15.8 Å². The third-order valence-electron chi connectivity index (χ3n) is 11.5. The zero-order chi connectivity index (χ0) is 67.9. The summed E-state index contributed by atoms with van der Waals surface area (Å²) in [7, 11) is 1.37. The molecule has 0 aliphatic rings. The van der Waals surface area contributed by atoms with Crippen molar-refractivity contribution in [2.45, 2.75) is 36.6 Å². The summed E-state index contributed by atoms with van der Waals surface area (Å²) in [6.07, 6.45) is -18.2. The molecule has 41 heteroatoms. The van der Waals surface area contributed by atoms with Crippen molar-refractivity contribution in [1.29, 1.82) is 0 Å². The summed E-state index contributed by atoms with van der Waals surface area (Å²) in [4.78, 5) is 42.6. The fraction of sp³-hybridized carbons (Fsp3) is 0.180. The second-order valence-electron chi connectivity index (χ2n) is 17.5. The number of rotatable bonds is 11. The Labute approximate surface area is 509 Å². The Bertz CT molecular complexity index is 4060. The molecule has 0 aliphatic carbocycles. The zero-order valence-corrected chi connectivity index (χ0v) is 46.8. The van der Waals surface area contributed by atoms with Gasteiger partial charge in [0.25, 0.3) is 11.8 Å². The molecule has 0 fully saturated rings. The van der Waals surface area contributed by atoms with Crippen LogP contribution >= 0.6 is 34.8 Å². The van der Waals surface area contributed by atoms with E-state index in [9.17, 15) is 89.8 Å². The maximum atomic E-state index is 15.2. The quantitative estimate of drug-likeness (QED) is 0.0273. The normalized spacial score (nSPS) is 12.0. The molecule has 484 valence electrons. The number of halogens is 21. The third-order valence-corrected chi connectivity index (χ3v) is 11.8. The van der Waals surface area contributed by atoms with Gasteiger partial charge in [0.1, 0.15) is 22.5 Å². The molecule has 0 saturated carbocycles. The lowest BCUT2D eigenvalue weighted by Gasteiger charge is -2.19. The number of nitrogens with one attached hydrogen (secondary N) is 2. The lowest BCUT2D eigenvalue weighted by molar-refractivity contribution is -0.605. The summed E-state index contributed by atoms with van der Waals surface area (Å²) >= 11 is 15.1. The standard InChI is InChI=1S/C21H12F9N7O2.C21H12F9N7O.C7H5ClO3.CH2Cl2/c1-35-18(14(20(25,26)27)16(33-35)19(23,24)21(28,29)30)37-9-13(32-34-37)11-3-2-4-12(15(11)22)31-17(38)10-5-7-36(39)8-6-10;1-36-18(14(20(25,26)27)16(34-36)19(23,24)21(28,29)30)37-9-13(33-35-37)11-3-2-4-12(15(11)22)32-17(38)10-5-7-31-8-6-10;8-6-3-1-2-5(4-6)7(9)11-10;2-1-3/h2-9H,1H3,(H,31,38);2-9H,1H3,(H,32,38);1-4,10H;1H2.